The largest absolute Gasteiger partial charge is 0.451 e. The van der Waals surface area contributed by atoms with Crippen LogP contribution in [-0.4, -0.2) is 47.6 Å². The number of likely N-dealkylation sites (tertiary alicyclic amines) is 1. The molecule has 1 aromatic carbocycles. The van der Waals surface area contributed by atoms with Gasteiger partial charge in [0, 0.05) is 31.2 Å². The van der Waals surface area contributed by atoms with Crippen LogP contribution < -0.4 is 5.32 Å². The number of para-hydroxylation sites is 1. The third kappa shape index (κ3) is 4.29. The Morgan fingerprint density at radius 1 is 1.21 bits per heavy atom. The maximum absolute atomic E-state index is 12.8. The van der Waals surface area contributed by atoms with E-state index in [4.69, 9.17) is 4.42 Å². The molecule has 6 nitrogen and oxygen atoms in total. The minimum Gasteiger partial charge on any atom is -0.451 e. The highest BCUT2D eigenvalue weighted by molar-refractivity contribution is 7.98. The molecule has 0 spiro atoms. The van der Waals surface area contributed by atoms with Crippen molar-refractivity contribution in [2.24, 2.45) is 5.92 Å². The number of fused-ring (bicyclic) bond motifs is 1. The molecule has 150 valence electrons. The van der Waals surface area contributed by atoms with E-state index in [1.54, 1.807) is 18.3 Å². The van der Waals surface area contributed by atoms with Gasteiger partial charge < -0.3 is 14.6 Å². The van der Waals surface area contributed by atoms with E-state index < -0.39 is 0 Å². The molecule has 0 radical (unpaired) electrons. The number of hydrogen-bond acceptors (Lipinski definition) is 5. The summed E-state index contributed by atoms with van der Waals surface area (Å²) in [6.45, 7) is 1.96. The van der Waals surface area contributed by atoms with Gasteiger partial charge in [0.2, 0.25) is 0 Å². The predicted octanol–water partition coefficient (Wildman–Crippen LogP) is 3.83. The van der Waals surface area contributed by atoms with Gasteiger partial charge in [0.15, 0.2) is 5.76 Å². The average Bonchev–Trinajstić information content (AvgIpc) is 3.22. The summed E-state index contributed by atoms with van der Waals surface area (Å²) < 4.78 is 5.62. The summed E-state index contributed by atoms with van der Waals surface area (Å²) in [5.41, 5.74) is 1.38. The molecule has 3 aromatic rings. The number of benzene rings is 1. The fraction of sp³-hybridized carbons (Fsp3) is 0.318. The van der Waals surface area contributed by atoms with Gasteiger partial charge in [0.25, 0.3) is 11.8 Å². The van der Waals surface area contributed by atoms with Gasteiger partial charge >= 0.3 is 0 Å². The highest BCUT2D eigenvalue weighted by Crippen LogP contribution is 2.23. The first kappa shape index (κ1) is 19.5. The van der Waals surface area contributed by atoms with Crippen molar-refractivity contribution >= 4 is 34.5 Å². The minimum atomic E-state index is -0.195. The highest BCUT2D eigenvalue weighted by Gasteiger charge is 2.26. The normalized spacial score (nSPS) is 14.9. The number of piperidine rings is 1. The van der Waals surface area contributed by atoms with Gasteiger partial charge in [-0.3, -0.25) is 9.59 Å². The van der Waals surface area contributed by atoms with Gasteiger partial charge in [-0.25, -0.2) is 4.98 Å². The number of nitrogens with zero attached hydrogens (tertiary/aromatic N) is 2. The van der Waals surface area contributed by atoms with Gasteiger partial charge in [-0.2, -0.15) is 0 Å². The monoisotopic (exact) mass is 409 g/mol. The lowest BCUT2D eigenvalue weighted by Crippen LogP contribution is -2.41. The van der Waals surface area contributed by atoms with Crippen molar-refractivity contribution in [3.63, 3.8) is 0 Å². The molecular weight excluding hydrogens is 386 g/mol. The van der Waals surface area contributed by atoms with Crippen LogP contribution in [0.4, 0.5) is 0 Å². The van der Waals surface area contributed by atoms with Gasteiger partial charge in [-0.15, -0.1) is 11.8 Å². The number of furan rings is 1. The molecule has 1 fully saturated rings. The van der Waals surface area contributed by atoms with Crippen LogP contribution in [0.3, 0.4) is 0 Å². The molecule has 1 saturated heterocycles. The number of carbonyl (C=O) groups is 2. The fourth-order valence-electron chi connectivity index (χ4n) is 3.64. The number of aromatic nitrogens is 1. The number of nitrogens with one attached hydrogen (secondary N) is 1. The Labute approximate surface area is 173 Å². The van der Waals surface area contributed by atoms with Crippen molar-refractivity contribution in [2.75, 3.05) is 25.9 Å². The van der Waals surface area contributed by atoms with Crippen molar-refractivity contribution in [3.8, 4) is 0 Å². The lowest BCUT2D eigenvalue weighted by Gasteiger charge is -2.32. The first-order chi connectivity index (χ1) is 14.2. The van der Waals surface area contributed by atoms with E-state index in [0.717, 1.165) is 23.3 Å². The number of rotatable bonds is 5. The van der Waals surface area contributed by atoms with Crippen LogP contribution in [0.15, 0.2) is 58.1 Å². The quantitative estimate of drug-likeness (QED) is 0.648. The van der Waals surface area contributed by atoms with Crippen molar-refractivity contribution in [2.45, 2.75) is 17.9 Å². The third-order valence-corrected chi connectivity index (χ3v) is 6.01. The highest BCUT2D eigenvalue weighted by atomic mass is 32.2. The van der Waals surface area contributed by atoms with Crippen LogP contribution >= 0.6 is 11.8 Å². The van der Waals surface area contributed by atoms with E-state index in [9.17, 15) is 9.59 Å². The maximum atomic E-state index is 12.8. The second-order valence-electron chi connectivity index (χ2n) is 7.15. The molecule has 0 bridgehead atoms. The molecule has 29 heavy (non-hydrogen) atoms. The van der Waals surface area contributed by atoms with Crippen LogP contribution in [0, 0.1) is 5.92 Å². The number of carbonyl (C=O) groups excluding carboxylic acids is 2. The second kappa shape index (κ2) is 8.69. The van der Waals surface area contributed by atoms with Gasteiger partial charge in [-0.1, -0.05) is 18.2 Å². The first-order valence-electron chi connectivity index (χ1n) is 9.71. The Morgan fingerprint density at radius 2 is 2.00 bits per heavy atom. The molecule has 3 heterocycles. The van der Waals surface area contributed by atoms with E-state index >= 15 is 0 Å². The molecule has 1 aliphatic rings. The molecule has 0 unspecified atom stereocenters. The summed E-state index contributed by atoms with van der Waals surface area (Å²) >= 11 is 1.48. The van der Waals surface area contributed by atoms with Crippen molar-refractivity contribution in [1.82, 2.24) is 15.2 Å². The third-order valence-electron chi connectivity index (χ3n) is 5.30. The molecule has 4 rings (SSSR count). The van der Waals surface area contributed by atoms with Gasteiger partial charge in [0.05, 0.1) is 5.56 Å². The summed E-state index contributed by atoms with van der Waals surface area (Å²) in [5.74, 6) is 0.521. The Bertz CT molecular complexity index is 992. The van der Waals surface area contributed by atoms with Gasteiger partial charge in [-0.05, 0) is 49.3 Å². The molecule has 1 aliphatic heterocycles. The summed E-state index contributed by atoms with van der Waals surface area (Å²) in [4.78, 5) is 31.4. The van der Waals surface area contributed by atoms with Gasteiger partial charge in [0.1, 0.15) is 10.6 Å². The molecule has 2 aromatic heterocycles. The van der Waals surface area contributed by atoms with Crippen LogP contribution in [0.5, 0.6) is 0 Å². The van der Waals surface area contributed by atoms with Crippen LogP contribution in [0.1, 0.15) is 33.8 Å². The SMILES string of the molecule is CSc1ncccc1C(=O)N1CCC(CNC(=O)c2cc3ccccc3o2)CC1. The van der Waals surface area contributed by atoms with Crippen LogP contribution in [-0.2, 0) is 0 Å². The van der Waals surface area contributed by atoms with Crippen LogP contribution in [0.2, 0.25) is 0 Å². The van der Waals surface area contributed by atoms with Crippen molar-refractivity contribution in [3.05, 3.63) is 60.0 Å². The van der Waals surface area contributed by atoms with Crippen molar-refractivity contribution in [1.29, 1.82) is 0 Å². The van der Waals surface area contributed by atoms with E-state index in [0.29, 0.717) is 42.5 Å². The Hall–Kier alpha value is -2.80. The molecule has 0 aliphatic carbocycles. The number of hydrogen-bond donors (Lipinski definition) is 1. The molecule has 2 amide bonds. The Balaban J connectivity index is 1.29. The molecular formula is C22H23N3O3S. The van der Waals surface area contributed by atoms with E-state index in [-0.39, 0.29) is 11.8 Å². The fourth-order valence-corrected chi connectivity index (χ4v) is 4.19. The molecule has 0 saturated carbocycles. The number of amides is 2. The smallest absolute Gasteiger partial charge is 0.287 e. The van der Waals surface area contributed by atoms with E-state index in [2.05, 4.69) is 10.3 Å². The Morgan fingerprint density at radius 3 is 2.76 bits per heavy atom. The molecule has 0 atom stereocenters. The first-order valence-corrected chi connectivity index (χ1v) is 10.9. The zero-order valence-corrected chi connectivity index (χ0v) is 17.1. The number of pyridine rings is 1. The zero-order valence-electron chi connectivity index (χ0n) is 16.3. The predicted molar refractivity (Wildman–Crippen MR) is 113 cm³/mol. The minimum absolute atomic E-state index is 0.0345. The van der Waals surface area contributed by atoms with E-state index in [1.807, 2.05) is 41.5 Å². The average molecular weight is 410 g/mol. The zero-order chi connectivity index (χ0) is 20.2. The standard InChI is InChI=1S/C22H23N3O3S/c1-29-21-17(6-4-10-23-21)22(27)25-11-8-15(9-12-25)14-24-20(26)19-13-16-5-2-3-7-18(16)28-19/h2-7,10,13,15H,8-9,11-12,14H2,1H3,(H,24,26). The summed E-state index contributed by atoms with van der Waals surface area (Å²) in [7, 11) is 0. The molecule has 1 N–H and O–H groups in total. The summed E-state index contributed by atoms with van der Waals surface area (Å²) in [5, 5.41) is 4.66. The van der Waals surface area contributed by atoms with Crippen molar-refractivity contribution < 1.29 is 14.0 Å². The Kier molecular flexibility index (Phi) is 5.85. The summed E-state index contributed by atoms with van der Waals surface area (Å²) in [6, 6.07) is 13.0. The lowest BCUT2D eigenvalue weighted by atomic mass is 9.96. The topological polar surface area (TPSA) is 75.4 Å². The number of thioether (sulfide) groups is 1. The second-order valence-corrected chi connectivity index (χ2v) is 7.95. The summed E-state index contributed by atoms with van der Waals surface area (Å²) in [6.07, 6.45) is 5.36. The maximum Gasteiger partial charge on any atom is 0.287 e. The lowest BCUT2D eigenvalue weighted by molar-refractivity contribution is 0.0679. The van der Waals surface area contributed by atoms with Crippen LogP contribution in [0.25, 0.3) is 11.0 Å². The van der Waals surface area contributed by atoms with E-state index in [1.165, 1.54) is 11.8 Å². The molecule has 7 heteroatoms.